The molecule has 2 amide bonds. The third-order valence-electron chi connectivity index (χ3n) is 1.69. The summed E-state index contributed by atoms with van der Waals surface area (Å²) in [6.45, 7) is 2.25. The minimum atomic E-state index is -1.06. The molecule has 0 rings (SSSR count). The van der Waals surface area contributed by atoms with Crippen LogP contribution in [0.25, 0.3) is 0 Å². The van der Waals surface area contributed by atoms with Crippen LogP contribution < -0.4 is 5.32 Å². The van der Waals surface area contributed by atoms with Crippen molar-refractivity contribution in [1.29, 1.82) is 0 Å². The average molecular weight is 204 g/mol. The van der Waals surface area contributed by atoms with Crippen LogP contribution in [0.5, 0.6) is 0 Å². The van der Waals surface area contributed by atoms with Gasteiger partial charge in [-0.05, 0) is 6.92 Å². The summed E-state index contributed by atoms with van der Waals surface area (Å²) in [6.07, 6.45) is 0. The van der Waals surface area contributed by atoms with Crippen LogP contribution in [0.2, 0.25) is 0 Å². The van der Waals surface area contributed by atoms with Gasteiger partial charge in [-0.1, -0.05) is 0 Å². The number of nitrogens with one attached hydrogen (secondary N) is 1. The first-order valence-electron chi connectivity index (χ1n) is 4.22. The Morgan fingerprint density at radius 2 is 2.14 bits per heavy atom. The number of urea groups is 1. The van der Waals surface area contributed by atoms with Gasteiger partial charge in [-0.15, -0.1) is 0 Å². The highest BCUT2D eigenvalue weighted by Crippen LogP contribution is 1.88. The maximum atomic E-state index is 11.3. The predicted molar refractivity (Wildman–Crippen MR) is 50.1 cm³/mol. The minimum Gasteiger partial charge on any atom is -0.480 e. The first kappa shape index (κ1) is 12.7. The summed E-state index contributed by atoms with van der Waals surface area (Å²) in [5.41, 5.74) is 0. The molecule has 0 spiro atoms. The number of rotatable bonds is 5. The van der Waals surface area contributed by atoms with Gasteiger partial charge in [0.15, 0.2) is 0 Å². The predicted octanol–water partition coefficient (Wildman–Crippen LogP) is -0.253. The quantitative estimate of drug-likeness (QED) is 0.647. The van der Waals surface area contributed by atoms with Crippen molar-refractivity contribution in [2.45, 2.75) is 13.0 Å². The maximum absolute atomic E-state index is 11.3. The fourth-order valence-corrected chi connectivity index (χ4v) is 0.687. The third kappa shape index (κ3) is 4.66. The molecule has 6 nitrogen and oxygen atoms in total. The molecule has 0 aromatic heterocycles. The van der Waals surface area contributed by atoms with Crippen molar-refractivity contribution in [3.05, 3.63) is 0 Å². The van der Waals surface area contributed by atoms with Crippen LogP contribution in [-0.4, -0.2) is 55.4 Å². The van der Waals surface area contributed by atoms with E-state index in [-0.39, 0.29) is 0 Å². The summed E-state index contributed by atoms with van der Waals surface area (Å²) in [6, 6.07) is -1.30. The van der Waals surface area contributed by atoms with Crippen molar-refractivity contribution >= 4 is 12.0 Å². The molecule has 2 N–H and O–H groups in total. The topological polar surface area (TPSA) is 78.9 Å². The normalized spacial score (nSPS) is 11.9. The van der Waals surface area contributed by atoms with Gasteiger partial charge in [0.2, 0.25) is 0 Å². The van der Waals surface area contributed by atoms with Gasteiger partial charge in [0.05, 0.1) is 6.61 Å². The van der Waals surface area contributed by atoms with E-state index in [1.807, 2.05) is 0 Å². The molecule has 82 valence electrons. The van der Waals surface area contributed by atoms with Gasteiger partial charge in [0.1, 0.15) is 6.04 Å². The molecule has 0 aliphatic carbocycles. The second-order valence-corrected chi connectivity index (χ2v) is 2.92. The molecule has 0 saturated heterocycles. The lowest BCUT2D eigenvalue weighted by atomic mass is 10.3. The molecule has 0 heterocycles. The van der Waals surface area contributed by atoms with Crippen molar-refractivity contribution in [1.82, 2.24) is 10.2 Å². The summed E-state index contributed by atoms with van der Waals surface area (Å²) >= 11 is 0. The number of carbonyl (C=O) groups is 2. The Morgan fingerprint density at radius 3 is 2.57 bits per heavy atom. The Labute approximate surface area is 82.8 Å². The SMILES string of the molecule is COCCN(C)C(=O)N[C@@H](C)C(=O)O. The minimum absolute atomic E-state index is 0.419. The van der Waals surface area contributed by atoms with E-state index in [0.29, 0.717) is 13.2 Å². The molecule has 0 fully saturated rings. The molecule has 6 heteroatoms. The lowest BCUT2D eigenvalue weighted by Gasteiger charge is -2.18. The van der Waals surface area contributed by atoms with Gasteiger partial charge < -0.3 is 20.1 Å². The Balaban J connectivity index is 3.88. The molecule has 0 aromatic rings. The Kier molecular flexibility index (Phi) is 5.62. The zero-order valence-electron chi connectivity index (χ0n) is 8.61. The highest BCUT2D eigenvalue weighted by molar-refractivity contribution is 5.82. The van der Waals surface area contributed by atoms with Crippen molar-refractivity contribution < 1.29 is 19.4 Å². The number of methoxy groups -OCH3 is 1. The molecule has 0 radical (unpaired) electrons. The molecular weight excluding hydrogens is 188 g/mol. The zero-order chi connectivity index (χ0) is 11.1. The zero-order valence-corrected chi connectivity index (χ0v) is 8.61. The first-order chi connectivity index (χ1) is 6.49. The van der Waals surface area contributed by atoms with Gasteiger partial charge in [0.25, 0.3) is 0 Å². The van der Waals surface area contributed by atoms with Crippen LogP contribution in [0.1, 0.15) is 6.92 Å². The van der Waals surface area contributed by atoms with Gasteiger partial charge in [-0.3, -0.25) is 4.79 Å². The van der Waals surface area contributed by atoms with E-state index in [1.165, 1.54) is 18.9 Å². The van der Waals surface area contributed by atoms with E-state index in [4.69, 9.17) is 9.84 Å². The van der Waals surface area contributed by atoms with Gasteiger partial charge >= 0.3 is 12.0 Å². The fourth-order valence-electron chi connectivity index (χ4n) is 0.687. The molecule has 0 aliphatic rings. The van der Waals surface area contributed by atoms with Crippen LogP contribution in [0.4, 0.5) is 4.79 Å². The highest BCUT2D eigenvalue weighted by atomic mass is 16.5. The van der Waals surface area contributed by atoms with Crippen LogP contribution in [0.15, 0.2) is 0 Å². The molecule has 0 saturated carbocycles. The number of aliphatic carboxylic acids is 1. The van der Waals surface area contributed by atoms with Crippen LogP contribution in [-0.2, 0) is 9.53 Å². The number of hydrogen-bond donors (Lipinski definition) is 2. The maximum Gasteiger partial charge on any atom is 0.325 e. The number of ether oxygens (including phenoxy) is 1. The van der Waals surface area contributed by atoms with Crippen molar-refractivity contribution in [2.24, 2.45) is 0 Å². The number of carboxylic acid groups (broad SMARTS) is 1. The van der Waals surface area contributed by atoms with E-state index in [1.54, 1.807) is 7.05 Å². The molecule has 0 aliphatic heterocycles. The van der Waals surface area contributed by atoms with Gasteiger partial charge in [-0.25, -0.2) is 4.79 Å². The Morgan fingerprint density at radius 1 is 1.57 bits per heavy atom. The van der Waals surface area contributed by atoms with Crippen molar-refractivity contribution in [3.63, 3.8) is 0 Å². The van der Waals surface area contributed by atoms with Crippen molar-refractivity contribution in [2.75, 3.05) is 27.3 Å². The number of carbonyl (C=O) groups excluding carboxylic acids is 1. The lowest BCUT2D eigenvalue weighted by molar-refractivity contribution is -0.138. The number of amides is 2. The molecule has 0 aromatic carbocycles. The van der Waals surface area contributed by atoms with E-state index in [9.17, 15) is 9.59 Å². The second-order valence-electron chi connectivity index (χ2n) is 2.92. The fraction of sp³-hybridized carbons (Fsp3) is 0.750. The second kappa shape index (κ2) is 6.20. The average Bonchev–Trinajstić information content (AvgIpc) is 2.13. The molecule has 0 unspecified atom stereocenters. The molecular formula is C8H16N2O4. The summed E-state index contributed by atoms with van der Waals surface area (Å²) < 4.78 is 4.78. The standard InChI is InChI=1S/C8H16N2O4/c1-6(7(11)12)9-8(13)10(2)4-5-14-3/h6H,4-5H2,1-3H3,(H,9,13)(H,11,12)/t6-/m0/s1. The summed E-state index contributed by atoms with van der Waals surface area (Å²) in [5.74, 6) is -1.06. The van der Waals surface area contributed by atoms with E-state index >= 15 is 0 Å². The summed E-state index contributed by atoms with van der Waals surface area (Å²) in [4.78, 5) is 23.0. The first-order valence-corrected chi connectivity index (χ1v) is 4.22. The summed E-state index contributed by atoms with van der Waals surface area (Å²) in [5, 5.41) is 10.9. The number of nitrogens with zero attached hydrogens (tertiary/aromatic N) is 1. The van der Waals surface area contributed by atoms with Gasteiger partial charge in [0, 0.05) is 20.7 Å². The third-order valence-corrected chi connectivity index (χ3v) is 1.69. The number of carboxylic acids is 1. The number of hydrogen-bond acceptors (Lipinski definition) is 3. The van der Waals surface area contributed by atoms with Crippen LogP contribution in [0.3, 0.4) is 0 Å². The lowest BCUT2D eigenvalue weighted by Crippen LogP contribution is -2.45. The van der Waals surface area contributed by atoms with Crippen molar-refractivity contribution in [3.8, 4) is 0 Å². The van der Waals surface area contributed by atoms with E-state index in [2.05, 4.69) is 5.32 Å². The van der Waals surface area contributed by atoms with E-state index in [0.717, 1.165) is 0 Å². The summed E-state index contributed by atoms with van der Waals surface area (Å²) in [7, 11) is 3.11. The smallest absolute Gasteiger partial charge is 0.325 e. The Hall–Kier alpha value is -1.30. The van der Waals surface area contributed by atoms with Crippen LogP contribution in [0, 0.1) is 0 Å². The molecule has 0 bridgehead atoms. The van der Waals surface area contributed by atoms with E-state index < -0.39 is 18.0 Å². The van der Waals surface area contributed by atoms with Crippen LogP contribution >= 0.6 is 0 Å². The Bertz CT molecular complexity index is 208. The van der Waals surface area contributed by atoms with Gasteiger partial charge in [-0.2, -0.15) is 0 Å². The highest BCUT2D eigenvalue weighted by Gasteiger charge is 2.16. The largest absolute Gasteiger partial charge is 0.480 e. The molecule has 14 heavy (non-hydrogen) atoms. The monoisotopic (exact) mass is 204 g/mol. The number of likely N-dealkylation sites (N-methyl/N-ethyl adjacent to an activating group) is 1. The molecule has 1 atom stereocenters.